The van der Waals surface area contributed by atoms with E-state index in [0.29, 0.717) is 22.6 Å². The normalized spacial score (nSPS) is 11.4. The van der Waals surface area contributed by atoms with Crippen molar-refractivity contribution in [2.45, 2.75) is 26.8 Å². The van der Waals surface area contributed by atoms with Gasteiger partial charge < -0.3 is 21.3 Å². The van der Waals surface area contributed by atoms with Gasteiger partial charge in [0.1, 0.15) is 6.04 Å². The highest BCUT2D eigenvalue weighted by molar-refractivity contribution is 6.30. The van der Waals surface area contributed by atoms with Crippen LogP contribution in [0.1, 0.15) is 18.1 Å². The van der Waals surface area contributed by atoms with Crippen LogP contribution in [0.25, 0.3) is 0 Å². The molecule has 0 fully saturated rings. The number of carbonyl (C=O) groups excluding carboxylic acids is 1. The van der Waals surface area contributed by atoms with Gasteiger partial charge in [0.2, 0.25) is 23.8 Å². The third kappa shape index (κ3) is 6.91. The summed E-state index contributed by atoms with van der Waals surface area (Å²) in [6.07, 6.45) is 0. The van der Waals surface area contributed by atoms with Crippen molar-refractivity contribution in [2.24, 2.45) is 0 Å². The van der Waals surface area contributed by atoms with Gasteiger partial charge in [-0.1, -0.05) is 53.1 Å². The van der Waals surface area contributed by atoms with E-state index in [1.165, 1.54) is 0 Å². The summed E-state index contributed by atoms with van der Waals surface area (Å²) >= 11 is 6.01. The minimum Gasteiger partial charge on any atom is -0.342 e. The van der Waals surface area contributed by atoms with Gasteiger partial charge in [0, 0.05) is 22.1 Å². The lowest BCUT2D eigenvalue weighted by Gasteiger charge is -2.16. The van der Waals surface area contributed by atoms with E-state index in [2.05, 4.69) is 36.2 Å². The van der Waals surface area contributed by atoms with Gasteiger partial charge in [0.05, 0.1) is 0 Å². The predicted molar refractivity (Wildman–Crippen MR) is 142 cm³/mol. The Balaban J connectivity index is 1.55. The molecule has 4 N–H and O–H groups in total. The minimum absolute atomic E-state index is 0.248. The fourth-order valence-corrected chi connectivity index (χ4v) is 3.35. The van der Waals surface area contributed by atoms with Gasteiger partial charge >= 0.3 is 0 Å². The molecule has 0 aliphatic rings. The average molecular weight is 488 g/mol. The molecule has 0 saturated carbocycles. The van der Waals surface area contributed by atoms with E-state index in [0.717, 1.165) is 22.5 Å². The van der Waals surface area contributed by atoms with E-state index < -0.39 is 6.04 Å². The standard InChI is InChI=1S/C26H26ClN7O/c1-16-7-11-20(12-8-16)30-25-32-24(33-26(34-25)31-21-13-9-17(2)10-14-21)28-18(3)23(35)29-22-6-4-5-19(27)15-22/h4-15,18H,1-3H3,(H,29,35)(H3,28,30,31,32,33,34)/t18-/m1/s1. The zero-order valence-electron chi connectivity index (χ0n) is 19.6. The number of benzene rings is 3. The van der Waals surface area contributed by atoms with Crippen LogP contribution in [0, 0.1) is 13.8 Å². The molecule has 1 amide bonds. The zero-order valence-corrected chi connectivity index (χ0v) is 20.4. The number of aromatic nitrogens is 3. The molecule has 0 saturated heterocycles. The molecule has 0 bridgehead atoms. The van der Waals surface area contributed by atoms with Crippen molar-refractivity contribution in [3.8, 4) is 0 Å². The first-order chi connectivity index (χ1) is 16.8. The second-order valence-corrected chi connectivity index (χ2v) is 8.59. The number of nitrogens with one attached hydrogen (secondary N) is 4. The molecule has 4 rings (SSSR count). The fourth-order valence-electron chi connectivity index (χ4n) is 3.16. The maximum absolute atomic E-state index is 12.7. The summed E-state index contributed by atoms with van der Waals surface area (Å²) in [6, 6.07) is 22.1. The highest BCUT2D eigenvalue weighted by atomic mass is 35.5. The van der Waals surface area contributed by atoms with E-state index in [1.807, 2.05) is 62.4 Å². The summed E-state index contributed by atoms with van der Waals surface area (Å²) in [6.45, 7) is 5.77. The third-order valence-electron chi connectivity index (χ3n) is 5.08. The number of nitrogens with zero attached hydrogens (tertiary/aromatic N) is 3. The van der Waals surface area contributed by atoms with Crippen molar-refractivity contribution in [1.82, 2.24) is 15.0 Å². The SMILES string of the molecule is Cc1ccc(Nc2nc(Nc3ccc(C)cc3)nc(N[C@H](C)C(=O)Nc3cccc(Cl)c3)n2)cc1. The molecule has 3 aromatic carbocycles. The van der Waals surface area contributed by atoms with Crippen LogP contribution < -0.4 is 21.3 Å². The lowest BCUT2D eigenvalue weighted by molar-refractivity contribution is -0.116. The van der Waals surface area contributed by atoms with E-state index in [1.54, 1.807) is 31.2 Å². The van der Waals surface area contributed by atoms with Crippen molar-refractivity contribution >= 4 is 52.4 Å². The number of hydrogen-bond donors (Lipinski definition) is 4. The predicted octanol–water partition coefficient (Wildman–Crippen LogP) is 6.07. The van der Waals surface area contributed by atoms with E-state index in [-0.39, 0.29) is 11.9 Å². The number of amides is 1. The molecule has 0 spiro atoms. The van der Waals surface area contributed by atoms with Crippen LogP contribution in [0.5, 0.6) is 0 Å². The van der Waals surface area contributed by atoms with Gasteiger partial charge in [-0.05, 0) is 63.2 Å². The highest BCUT2D eigenvalue weighted by Gasteiger charge is 2.16. The lowest BCUT2D eigenvalue weighted by Crippen LogP contribution is -2.32. The molecule has 0 aliphatic carbocycles. The molecule has 9 heteroatoms. The maximum Gasteiger partial charge on any atom is 0.246 e. The van der Waals surface area contributed by atoms with Crippen LogP contribution in [0.2, 0.25) is 5.02 Å². The Morgan fingerprint density at radius 3 is 1.77 bits per heavy atom. The largest absolute Gasteiger partial charge is 0.342 e. The summed E-state index contributed by atoms with van der Waals surface area (Å²) in [5, 5.41) is 12.8. The summed E-state index contributed by atoms with van der Waals surface area (Å²) in [4.78, 5) is 26.2. The van der Waals surface area contributed by atoms with Crippen molar-refractivity contribution in [2.75, 3.05) is 21.3 Å². The van der Waals surface area contributed by atoms with Crippen LogP contribution in [0.15, 0.2) is 72.8 Å². The number of anilines is 6. The molecule has 1 aromatic heterocycles. The van der Waals surface area contributed by atoms with Gasteiger partial charge in [-0.3, -0.25) is 4.79 Å². The number of rotatable bonds is 8. The number of hydrogen-bond acceptors (Lipinski definition) is 7. The average Bonchev–Trinajstić information content (AvgIpc) is 2.82. The monoisotopic (exact) mass is 487 g/mol. The Morgan fingerprint density at radius 1 is 0.743 bits per heavy atom. The summed E-state index contributed by atoms with van der Waals surface area (Å²) in [5.41, 5.74) is 4.57. The van der Waals surface area contributed by atoms with E-state index >= 15 is 0 Å². The summed E-state index contributed by atoms with van der Waals surface area (Å²) < 4.78 is 0. The molecule has 1 atom stereocenters. The summed E-state index contributed by atoms with van der Waals surface area (Å²) in [7, 11) is 0. The molecule has 0 unspecified atom stereocenters. The van der Waals surface area contributed by atoms with Crippen molar-refractivity contribution < 1.29 is 4.79 Å². The molecular formula is C26H26ClN7O. The molecule has 0 aliphatic heterocycles. The number of carbonyl (C=O) groups is 1. The van der Waals surface area contributed by atoms with Crippen LogP contribution in [-0.4, -0.2) is 26.9 Å². The Bertz CT molecular complexity index is 1240. The van der Waals surface area contributed by atoms with Crippen molar-refractivity contribution in [3.05, 3.63) is 88.9 Å². The van der Waals surface area contributed by atoms with Gasteiger partial charge in [0.25, 0.3) is 0 Å². The molecule has 0 radical (unpaired) electrons. The van der Waals surface area contributed by atoms with Crippen molar-refractivity contribution in [3.63, 3.8) is 0 Å². The third-order valence-corrected chi connectivity index (χ3v) is 5.32. The Morgan fingerprint density at radius 2 is 1.26 bits per heavy atom. The Kier molecular flexibility index (Phi) is 7.42. The van der Waals surface area contributed by atoms with Gasteiger partial charge in [-0.15, -0.1) is 0 Å². The Labute approximate surface area is 209 Å². The molecule has 4 aromatic rings. The van der Waals surface area contributed by atoms with Crippen LogP contribution in [0.3, 0.4) is 0 Å². The second-order valence-electron chi connectivity index (χ2n) is 8.15. The number of halogens is 1. The van der Waals surface area contributed by atoms with Gasteiger partial charge in [-0.2, -0.15) is 15.0 Å². The molecular weight excluding hydrogens is 462 g/mol. The lowest BCUT2D eigenvalue weighted by atomic mass is 10.2. The Hall–Kier alpha value is -4.17. The summed E-state index contributed by atoms with van der Waals surface area (Å²) in [5.74, 6) is 0.665. The highest BCUT2D eigenvalue weighted by Crippen LogP contribution is 2.20. The first-order valence-electron chi connectivity index (χ1n) is 11.1. The fraction of sp³-hybridized carbons (Fsp3) is 0.154. The van der Waals surface area contributed by atoms with E-state index in [9.17, 15) is 4.79 Å². The van der Waals surface area contributed by atoms with Crippen LogP contribution >= 0.6 is 11.6 Å². The molecule has 178 valence electrons. The van der Waals surface area contributed by atoms with Gasteiger partial charge in [-0.25, -0.2) is 0 Å². The first-order valence-corrected chi connectivity index (χ1v) is 11.5. The zero-order chi connectivity index (χ0) is 24.8. The van der Waals surface area contributed by atoms with Gasteiger partial charge in [0.15, 0.2) is 0 Å². The van der Waals surface area contributed by atoms with Crippen LogP contribution in [0.4, 0.5) is 34.9 Å². The quantitative estimate of drug-likeness (QED) is 0.239. The molecule has 1 heterocycles. The topological polar surface area (TPSA) is 104 Å². The van der Waals surface area contributed by atoms with Crippen molar-refractivity contribution in [1.29, 1.82) is 0 Å². The number of aryl methyl sites for hydroxylation is 2. The van der Waals surface area contributed by atoms with E-state index in [4.69, 9.17) is 11.6 Å². The second kappa shape index (κ2) is 10.8. The van der Waals surface area contributed by atoms with Crippen LogP contribution in [-0.2, 0) is 4.79 Å². The molecule has 35 heavy (non-hydrogen) atoms. The minimum atomic E-state index is -0.629. The molecule has 8 nitrogen and oxygen atoms in total. The first kappa shape index (κ1) is 24.0. The maximum atomic E-state index is 12.7. The smallest absolute Gasteiger partial charge is 0.246 e.